The van der Waals surface area contributed by atoms with E-state index in [0.29, 0.717) is 10.2 Å². The summed E-state index contributed by atoms with van der Waals surface area (Å²) in [5.74, 6) is 0.272. The maximum absolute atomic E-state index is 13.0. The third-order valence-corrected chi connectivity index (χ3v) is 5.41. The second-order valence-corrected chi connectivity index (χ2v) is 7.48. The van der Waals surface area contributed by atoms with Crippen LogP contribution < -0.4 is 10.3 Å². The van der Waals surface area contributed by atoms with Crippen LogP contribution in [0.25, 0.3) is 21.3 Å². The molecule has 0 aliphatic heterocycles. The Labute approximate surface area is 174 Å². The number of aliphatic hydroxyl groups excluding tert-OH is 1. The lowest BCUT2D eigenvalue weighted by Gasteiger charge is -2.14. The van der Waals surface area contributed by atoms with E-state index in [-0.39, 0.29) is 30.1 Å². The fourth-order valence-corrected chi connectivity index (χ4v) is 3.99. The molecule has 2 aromatic heterocycles. The molecule has 1 atom stereocenters. The summed E-state index contributed by atoms with van der Waals surface area (Å²) in [4.78, 5) is 28.3. The van der Waals surface area contributed by atoms with Crippen molar-refractivity contribution < 1.29 is 14.8 Å². The standard InChI is InChI=1S/C21H17N3O5S/c25-16(11-29-17-8-4-7-15(9-17)24(27)28)10-23-13-22-20-19(21(23)26)18(12-30-20)14-5-2-1-3-6-14/h1-9,12-13,16,25H,10-11H2. The highest BCUT2D eigenvalue weighted by molar-refractivity contribution is 7.17. The van der Waals surface area contributed by atoms with E-state index in [1.165, 1.54) is 40.4 Å². The number of nitrogens with zero attached hydrogens (tertiary/aromatic N) is 3. The van der Waals surface area contributed by atoms with Gasteiger partial charge in [0.1, 0.15) is 23.3 Å². The Balaban J connectivity index is 1.52. The molecule has 1 N–H and O–H groups in total. The zero-order chi connectivity index (χ0) is 21.1. The molecule has 30 heavy (non-hydrogen) atoms. The number of aliphatic hydroxyl groups is 1. The van der Waals surface area contributed by atoms with Crippen molar-refractivity contribution in [1.82, 2.24) is 9.55 Å². The highest BCUT2D eigenvalue weighted by Crippen LogP contribution is 2.30. The Hall–Kier alpha value is -3.56. The topological polar surface area (TPSA) is 107 Å². The van der Waals surface area contributed by atoms with Crippen LogP contribution in [0.4, 0.5) is 5.69 Å². The molecule has 8 nitrogen and oxygen atoms in total. The average Bonchev–Trinajstić information content (AvgIpc) is 3.20. The van der Waals surface area contributed by atoms with Crippen molar-refractivity contribution >= 4 is 27.2 Å². The van der Waals surface area contributed by atoms with Crippen LogP contribution in [0.15, 0.2) is 71.1 Å². The van der Waals surface area contributed by atoms with Gasteiger partial charge in [0.25, 0.3) is 11.2 Å². The van der Waals surface area contributed by atoms with E-state index in [2.05, 4.69) is 4.98 Å². The van der Waals surface area contributed by atoms with E-state index >= 15 is 0 Å². The van der Waals surface area contributed by atoms with Gasteiger partial charge in [-0.3, -0.25) is 19.5 Å². The van der Waals surface area contributed by atoms with E-state index in [9.17, 15) is 20.0 Å². The summed E-state index contributed by atoms with van der Waals surface area (Å²) in [6, 6.07) is 15.3. The molecule has 0 saturated heterocycles. The van der Waals surface area contributed by atoms with Crippen molar-refractivity contribution in [2.75, 3.05) is 6.61 Å². The van der Waals surface area contributed by atoms with Crippen molar-refractivity contribution in [3.05, 3.63) is 86.8 Å². The van der Waals surface area contributed by atoms with Crippen molar-refractivity contribution in [2.45, 2.75) is 12.6 Å². The smallest absolute Gasteiger partial charge is 0.273 e. The average molecular weight is 423 g/mol. The molecule has 0 fully saturated rings. The Bertz CT molecular complexity index is 1250. The lowest BCUT2D eigenvalue weighted by molar-refractivity contribution is -0.384. The van der Waals surface area contributed by atoms with E-state index in [4.69, 9.17) is 4.74 Å². The molecule has 2 aromatic carbocycles. The number of non-ortho nitro benzene ring substituents is 1. The first-order chi connectivity index (χ1) is 14.5. The molecule has 0 radical (unpaired) electrons. The first kappa shape index (κ1) is 19.7. The third-order valence-electron chi connectivity index (χ3n) is 4.52. The van der Waals surface area contributed by atoms with E-state index < -0.39 is 11.0 Å². The SMILES string of the molecule is O=c1c2c(-c3ccccc3)csc2ncn1CC(O)COc1cccc([N+](=O)[O-])c1. The molecule has 152 valence electrons. The minimum atomic E-state index is -1.000. The van der Waals surface area contributed by atoms with Gasteiger partial charge < -0.3 is 9.84 Å². The quantitative estimate of drug-likeness (QED) is 0.360. The number of aromatic nitrogens is 2. The Morgan fingerprint density at radius 3 is 2.77 bits per heavy atom. The van der Waals surface area contributed by atoms with Crippen LogP contribution in [0.3, 0.4) is 0 Å². The number of hydrogen-bond donors (Lipinski definition) is 1. The summed E-state index contributed by atoms with van der Waals surface area (Å²) in [5.41, 5.74) is 1.40. The molecule has 0 aliphatic carbocycles. The van der Waals surface area contributed by atoms with Gasteiger partial charge >= 0.3 is 0 Å². The van der Waals surface area contributed by atoms with Crippen LogP contribution >= 0.6 is 11.3 Å². The molecule has 4 rings (SSSR count). The molecule has 0 saturated carbocycles. The molecule has 9 heteroatoms. The summed E-state index contributed by atoms with van der Waals surface area (Å²) in [6.45, 7) is -0.137. The maximum atomic E-state index is 13.0. The Kier molecular flexibility index (Phi) is 5.55. The normalized spacial score (nSPS) is 12.0. The maximum Gasteiger partial charge on any atom is 0.273 e. The third kappa shape index (κ3) is 4.07. The molecular weight excluding hydrogens is 406 g/mol. The number of nitro groups is 1. The minimum absolute atomic E-state index is 0.0131. The zero-order valence-electron chi connectivity index (χ0n) is 15.7. The fraction of sp³-hybridized carbons (Fsp3) is 0.143. The van der Waals surface area contributed by atoms with Crippen LogP contribution in [-0.2, 0) is 6.54 Å². The van der Waals surface area contributed by atoms with Crippen molar-refractivity contribution in [2.24, 2.45) is 0 Å². The van der Waals surface area contributed by atoms with E-state index in [1.807, 2.05) is 35.7 Å². The Morgan fingerprint density at radius 2 is 2.00 bits per heavy atom. The van der Waals surface area contributed by atoms with Crippen LogP contribution in [0.1, 0.15) is 0 Å². The van der Waals surface area contributed by atoms with E-state index in [1.54, 1.807) is 6.07 Å². The molecule has 0 aliphatic rings. The highest BCUT2D eigenvalue weighted by Gasteiger charge is 2.15. The van der Waals surface area contributed by atoms with Gasteiger partial charge in [0.05, 0.1) is 29.2 Å². The first-order valence-corrected chi connectivity index (χ1v) is 9.98. The number of fused-ring (bicyclic) bond motifs is 1. The van der Waals surface area contributed by atoms with Gasteiger partial charge in [-0.25, -0.2) is 4.98 Å². The number of ether oxygens (including phenoxy) is 1. The number of hydrogen-bond acceptors (Lipinski definition) is 7. The second-order valence-electron chi connectivity index (χ2n) is 6.62. The fourth-order valence-electron chi connectivity index (χ4n) is 3.09. The number of thiophene rings is 1. The van der Waals surface area contributed by atoms with Crippen molar-refractivity contribution in [1.29, 1.82) is 0 Å². The van der Waals surface area contributed by atoms with Gasteiger partial charge in [-0.15, -0.1) is 11.3 Å². The minimum Gasteiger partial charge on any atom is -0.491 e. The highest BCUT2D eigenvalue weighted by atomic mass is 32.1. The van der Waals surface area contributed by atoms with Gasteiger partial charge in [-0.1, -0.05) is 36.4 Å². The lowest BCUT2D eigenvalue weighted by atomic mass is 10.1. The summed E-state index contributed by atoms with van der Waals surface area (Å²) < 4.78 is 6.80. The number of nitro benzene ring substituents is 1. The largest absolute Gasteiger partial charge is 0.491 e. The molecule has 4 aromatic rings. The number of benzene rings is 2. The predicted molar refractivity (Wildman–Crippen MR) is 114 cm³/mol. The number of rotatable bonds is 7. The first-order valence-electron chi connectivity index (χ1n) is 9.10. The molecular formula is C21H17N3O5S. The van der Waals surface area contributed by atoms with Crippen molar-refractivity contribution in [3.63, 3.8) is 0 Å². The lowest BCUT2D eigenvalue weighted by Crippen LogP contribution is -2.30. The molecule has 0 bridgehead atoms. The zero-order valence-corrected chi connectivity index (χ0v) is 16.5. The Morgan fingerprint density at radius 1 is 1.20 bits per heavy atom. The van der Waals surface area contributed by atoms with Gasteiger partial charge in [-0.05, 0) is 11.6 Å². The predicted octanol–water partition coefficient (Wildman–Crippen LogP) is 3.47. The summed E-state index contributed by atoms with van der Waals surface area (Å²) >= 11 is 1.40. The monoisotopic (exact) mass is 423 g/mol. The summed E-state index contributed by atoms with van der Waals surface area (Å²) in [6.07, 6.45) is 0.409. The molecule has 1 unspecified atom stereocenters. The van der Waals surface area contributed by atoms with Crippen molar-refractivity contribution in [3.8, 4) is 16.9 Å². The van der Waals surface area contributed by atoms with Gasteiger partial charge in [-0.2, -0.15) is 0 Å². The van der Waals surface area contributed by atoms with Crippen LogP contribution in [-0.4, -0.2) is 32.3 Å². The molecule has 0 spiro atoms. The van der Waals surface area contributed by atoms with Crippen LogP contribution in [0.5, 0.6) is 5.75 Å². The van der Waals surface area contributed by atoms with Crippen LogP contribution in [0.2, 0.25) is 0 Å². The molecule has 2 heterocycles. The summed E-state index contributed by atoms with van der Waals surface area (Å²) in [5, 5.41) is 23.6. The summed E-state index contributed by atoms with van der Waals surface area (Å²) in [7, 11) is 0. The van der Waals surface area contributed by atoms with Gasteiger partial charge in [0, 0.05) is 17.0 Å². The molecule has 0 amide bonds. The second kappa shape index (κ2) is 8.44. The van der Waals surface area contributed by atoms with Gasteiger partial charge in [0.2, 0.25) is 0 Å². The van der Waals surface area contributed by atoms with Crippen LogP contribution in [0, 0.1) is 10.1 Å². The van der Waals surface area contributed by atoms with E-state index in [0.717, 1.165) is 11.1 Å². The van der Waals surface area contributed by atoms with Gasteiger partial charge in [0.15, 0.2) is 0 Å².